The van der Waals surface area contributed by atoms with Crippen molar-refractivity contribution in [2.45, 2.75) is 27.3 Å². The van der Waals surface area contributed by atoms with Gasteiger partial charge in [0.05, 0.1) is 6.54 Å². The highest BCUT2D eigenvalue weighted by Crippen LogP contribution is 1.99. The van der Waals surface area contributed by atoms with Crippen LogP contribution in [0.15, 0.2) is 18.5 Å². The Kier molecular flexibility index (Phi) is 5.63. The Balaban J connectivity index is 2.21. The molecule has 0 saturated heterocycles. The number of nitrogens with zero attached hydrogens (tertiary/aromatic N) is 1. The predicted molar refractivity (Wildman–Crippen MR) is 68.5 cm³/mol. The first-order valence-corrected chi connectivity index (χ1v) is 5.96. The predicted octanol–water partition coefficient (Wildman–Crippen LogP) is 1.25. The van der Waals surface area contributed by atoms with E-state index in [1.54, 1.807) is 0 Å². The summed E-state index contributed by atoms with van der Waals surface area (Å²) in [6.45, 7) is 7.90. The Labute approximate surface area is 103 Å². The largest absolute Gasteiger partial charge is 0.355 e. The van der Waals surface area contributed by atoms with Gasteiger partial charge in [0.15, 0.2) is 0 Å². The lowest BCUT2D eigenvalue weighted by Gasteiger charge is -2.08. The highest BCUT2D eigenvalue weighted by Gasteiger charge is 2.01. The zero-order valence-corrected chi connectivity index (χ0v) is 10.8. The highest BCUT2D eigenvalue weighted by molar-refractivity contribution is 5.77. The molecule has 0 aromatic carbocycles. The van der Waals surface area contributed by atoms with Crippen LogP contribution in [0.5, 0.6) is 0 Å². The smallest absolute Gasteiger partial charge is 0.233 e. The molecule has 0 saturated carbocycles. The third kappa shape index (κ3) is 6.02. The van der Waals surface area contributed by atoms with Gasteiger partial charge in [0.1, 0.15) is 0 Å². The SMILES string of the molecule is Cc1cncc(CNCC(=O)NCC(C)C)c1. The molecule has 0 bridgehead atoms. The Morgan fingerprint density at radius 3 is 2.82 bits per heavy atom. The average Bonchev–Trinajstić information content (AvgIpc) is 2.26. The summed E-state index contributed by atoms with van der Waals surface area (Å²) in [6, 6.07) is 2.06. The molecule has 94 valence electrons. The number of hydrogen-bond acceptors (Lipinski definition) is 3. The molecule has 1 aromatic rings. The van der Waals surface area contributed by atoms with E-state index < -0.39 is 0 Å². The van der Waals surface area contributed by atoms with Crippen LogP contribution < -0.4 is 10.6 Å². The molecule has 4 heteroatoms. The summed E-state index contributed by atoms with van der Waals surface area (Å²) in [7, 11) is 0. The molecule has 4 nitrogen and oxygen atoms in total. The lowest BCUT2D eigenvalue weighted by Crippen LogP contribution is -2.35. The van der Waals surface area contributed by atoms with Crippen LogP contribution in [-0.4, -0.2) is 24.0 Å². The molecule has 0 aliphatic rings. The van der Waals surface area contributed by atoms with Gasteiger partial charge in [-0.1, -0.05) is 19.9 Å². The van der Waals surface area contributed by atoms with Gasteiger partial charge >= 0.3 is 0 Å². The molecule has 0 unspecified atom stereocenters. The van der Waals surface area contributed by atoms with Gasteiger partial charge in [0, 0.05) is 25.5 Å². The van der Waals surface area contributed by atoms with E-state index in [1.165, 1.54) is 0 Å². The van der Waals surface area contributed by atoms with Gasteiger partial charge in [0.25, 0.3) is 0 Å². The van der Waals surface area contributed by atoms with Crippen LogP contribution in [0, 0.1) is 12.8 Å². The normalized spacial score (nSPS) is 10.6. The standard InChI is InChI=1S/C13H21N3O/c1-10(2)5-16-13(17)9-15-8-12-4-11(3)6-14-7-12/h4,6-7,10,15H,5,8-9H2,1-3H3,(H,16,17). The summed E-state index contributed by atoms with van der Waals surface area (Å²) in [6.07, 6.45) is 3.63. The number of hydrogen-bond donors (Lipinski definition) is 2. The van der Waals surface area contributed by atoms with E-state index in [1.807, 2.05) is 19.3 Å². The van der Waals surface area contributed by atoms with Crippen LogP contribution in [0.2, 0.25) is 0 Å². The van der Waals surface area contributed by atoms with Crippen molar-refractivity contribution < 1.29 is 4.79 Å². The number of pyridine rings is 1. The summed E-state index contributed by atoms with van der Waals surface area (Å²) in [5, 5.41) is 5.96. The van der Waals surface area contributed by atoms with Gasteiger partial charge in [-0.25, -0.2) is 0 Å². The third-order valence-electron chi connectivity index (χ3n) is 2.25. The van der Waals surface area contributed by atoms with E-state index >= 15 is 0 Å². The molecule has 0 atom stereocenters. The Hall–Kier alpha value is -1.42. The maximum absolute atomic E-state index is 11.4. The van der Waals surface area contributed by atoms with Crippen molar-refractivity contribution in [3.63, 3.8) is 0 Å². The average molecular weight is 235 g/mol. The third-order valence-corrected chi connectivity index (χ3v) is 2.25. The molecule has 17 heavy (non-hydrogen) atoms. The maximum Gasteiger partial charge on any atom is 0.233 e. The number of rotatable bonds is 6. The lowest BCUT2D eigenvalue weighted by molar-refractivity contribution is -0.120. The summed E-state index contributed by atoms with van der Waals surface area (Å²) in [5.74, 6) is 0.527. The number of carbonyl (C=O) groups is 1. The molecule has 0 aliphatic carbocycles. The van der Waals surface area contributed by atoms with Crippen molar-refractivity contribution in [3.8, 4) is 0 Å². The minimum atomic E-state index is 0.0410. The number of nitrogens with one attached hydrogen (secondary N) is 2. The Morgan fingerprint density at radius 2 is 2.18 bits per heavy atom. The van der Waals surface area contributed by atoms with E-state index in [9.17, 15) is 4.79 Å². The molecule has 1 heterocycles. The lowest BCUT2D eigenvalue weighted by atomic mass is 10.2. The first-order chi connectivity index (χ1) is 8.08. The van der Waals surface area contributed by atoms with Crippen LogP contribution in [0.4, 0.5) is 0 Å². The monoisotopic (exact) mass is 235 g/mol. The van der Waals surface area contributed by atoms with E-state index in [4.69, 9.17) is 0 Å². The second kappa shape index (κ2) is 7.01. The Morgan fingerprint density at radius 1 is 1.41 bits per heavy atom. The molecule has 1 rings (SSSR count). The van der Waals surface area contributed by atoms with Crippen LogP contribution in [0.3, 0.4) is 0 Å². The quantitative estimate of drug-likeness (QED) is 0.780. The fourth-order valence-corrected chi connectivity index (χ4v) is 1.42. The minimum Gasteiger partial charge on any atom is -0.355 e. The highest BCUT2D eigenvalue weighted by atomic mass is 16.1. The summed E-state index contributed by atoms with van der Waals surface area (Å²) >= 11 is 0. The van der Waals surface area contributed by atoms with Crippen LogP contribution in [0.25, 0.3) is 0 Å². The van der Waals surface area contributed by atoms with Crippen molar-refractivity contribution in [1.82, 2.24) is 15.6 Å². The fraction of sp³-hybridized carbons (Fsp3) is 0.538. The molecule has 0 aliphatic heterocycles. The van der Waals surface area contributed by atoms with Crippen LogP contribution in [0.1, 0.15) is 25.0 Å². The van der Waals surface area contributed by atoms with Crippen LogP contribution >= 0.6 is 0 Å². The van der Waals surface area contributed by atoms with Crippen molar-refractivity contribution in [1.29, 1.82) is 0 Å². The van der Waals surface area contributed by atoms with Gasteiger partial charge in [-0.3, -0.25) is 9.78 Å². The maximum atomic E-state index is 11.4. The van der Waals surface area contributed by atoms with E-state index in [-0.39, 0.29) is 5.91 Å². The van der Waals surface area contributed by atoms with E-state index in [0.29, 0.717) is 19.0 Å². The summed E-state index contributed by atoms with van der Waals surface area (Å²) in [5.41, 5.74) is 2.23. The number of carbonyl (C=O) groups excluding carboxylic acids is 1. The van der Waals surface area contributed by atoms with Gasteiger partial charge in [-0.2, -0.15) is 0 Å². The molecular weight excluding hydrogens is 214 g/mol. The molecule has 0 fully saturated rings. The molecule has 0 spiro atoms. The number of aryl methyl sites for hydroxylation is 1. The van der Waals surface area contributed by atoms with E-state index in [0.717, 1.165) is 17.7 Å². The zero-order chi connectivity index (χ0) is 12.7. The van der Waals surface area contributed by atoms with Crippen molar-refractivity contribution in [2.24, 2.45) is 5.92 Å². The molecule has 1 aromatic heterocycles. The number of aromatic nitrogens is 1. The van der Waals surface area contributed by atoms with Crippen LogP contribution in [-0.2, 0) is 11.3 Å². The molecular formula is C13H21N3O. The topological polar surface area (TPSA) is 54.0 Å². The molecule has 2 N–H and O–H groups in total. The molecule has 1 amide bonds. The second-order valence-electron chi connectivity index (χ2n) is 4.67. The van der Waals surface area contributed by atoms with Gasteiger partial charge in [0.2, 0.25) is 5.91 Å². The zero-order valence-electron chi connectivity index (χ0n) is 10.8. The van der Waals surface area contributed by atoms with Crippen molar-refractivity contribution in [3.05, 3.63) is 29.6 Å². The van der Waals surface area contributed by atoms with Crippen molar-refractivity contribution in [2.75, 3.05) is 13.1 Å². The molecule has 0 radical (unpaired) electrons. The summed E-state index contributed by atoms with van der Waals surface area (Å²) < 4.78 is 0. The summed E-state index contributed by atoms with van der Waals surface area (Å²) in [4.78, 5) is 15.5. The van der Waals surface area contributed by atoms with Gasteiger partial charge in [-0.05, 0) is 24.0 Å². The van der Waals surface area contributed by atoms with E-state index in [2.05, 4.69) is 35.5 Å². The first-order valence-electron chi connectivity index (χ1n) is 5.96. The van der Waals surface area contributed by atoms with Gasteiger partial charge in [-0.15, -0.1) is 0 Å². The van der Waals surface area contributed by atoms with Crippen molar-refractivity contribution >= 4 is 5.91 Å². The second-order valence-corrected chi connectivity index (χ2v) is 4.67. The number of amides is 1. The fourth-order valence-electron chi connectivity index (χ4n) is 1.42. The minimum absolute atomic E-state index is 0.0410. The Bertz CT molecular complexity index is 363. The van der Waals surface area contributed by atoms with Gasteiger partial charge < -0.3 is 10.6 Å². The first kappa shape index (κ1) is 13.6.